The predicted molar refractivity (Wildman–Crippen MR) is 107 cm³/mol. The number of pyridine rings is 1. The van der Waals surface area contributed by atoms with Crippen LogP contribution < -0.4 is 16.4 Å². The van der Waals surface area contributed by atoms with Crippen molar-refractivity contribution < 1.29 is 19.2 Å². The number of nitrogens with one attached hydrogen (secondary N) is 3. The number of nitrogens with zero attached hydrogens (tertiary/aromatic N) is 2. The van der Waals surface area contributed by atoms with Gasteiger partial charge in [-0.05, 0) is 36.2 Å². The van der Waals surface area contributed by atoms with Gasteiger partial charge < -0.3 is 21.4 Å². The van der Waals surface area contributed by atoms with E-state index in [9.17, 15) is 19.2 Å². The molecule has 0 aliphatic carbocycles. The molecule has 1 aromatic heterocycles. The summed E-state index contributed by atoms with van der Waals surface area (Å²) in [5.41, 5.74) is 7.83. The van der Waals surface area contributed by atoms with Crippen molar-refractivity contribution in [2.75, 3.05) is 11.1 Å². The van der Waals surface area contributed by atoms with Gasteiger partial charge in [0.2, 0.25) is 11.8 Å². The Morgan fingerprint density at radius 1 is 1.30 bits per heavy atom. The molecule has 1 saturated heterocycles. The van der Waals surface area contributed by atoms with Crippen LogP contribution in [-0.4, -0.2) is 45.8 Å². The van der Waals surface area contributed by atoms with E-state index < -0.39 is 17.9 Å². The molecule has 10 heteroatoms. The van der Waals surface area contributed by atoms with E-state index in [2.05, 4.69) is 15.6 Å². The minimum absolute atomic E-state index is 0.158. The van der Waals surface area contributed by atoms with E-state index in [0.717, 1.165) is 6.21 Å². The second-order valence-corrected chi connectivity index (χ2v) is 7.07. The molecule has 152 valence electrons. The van der Waals surface area contributed by atoms with Crippen LogP contribution in [0.4, 0.5) is 11.5 Å². The van der Waals surface area contributed by atoms with Crippen LogP contribution in [0.15, 0.2) is 30.5 Å². The summed E-state index contributed by atoms with van der Waals surface area (Å²) in [4.78, 5) is 54.1. The number of carbonyl (C=O) groups is 4. The molecule has 5 N–H and O–H groups in total. The number of nitrogen functional groups attached to an aromatic ring is 1. The van der Waals surface area contributed by atoms with Gasteiger partial charge in [-0.2, -0.15) is 0 Å². The van der Waals surface area contributed by atoms with Crippen LogP contribution >= 0.6 is 0 Å². The van der Waals surface area contributed by atoms with Gasteiger partial charge in [0.25, 0.3) is 11.8 Å². The summed E-state index contributed by atoms with van der Waals surface area (Å²) in [6, 6.07) is 5.65. The van der Waals surface area contributed by atoms with Crippen molar-refractivity contribution in [3.63, 3.8) is 0 Å². The molecule has 4 amide bonds. The summed E-state index contributed by atoms with van der Waals surface area (Å²) in [5, 5.41) is 12.3. The summed E-state index contributed by atoms with van der Waals surface area (Å²) >= 11 is 0. The molecule has 0 bridgehead atoms. The molecule has 2 aromatic rings. The van der Waals surface area contributed by atoms with E-state index >= 15 is 0 Å². The van der Waals surface area contributed by atoms with E-state index in [1.165, 1.54) is 17.2 Å². The molecule has 30 heavy (non-hydrogen) atoms. The van der Waals surface area contributed by atoms with Crippen LogP contribution in [0.25, 0.3) is 0 Å². The Labute approximate surface area is 171 Å². The van der Waals surface area contributed by atoms with E-state index in [1.807, 2.05) is 0 Å². The molecule has 0 saturated carbocycles. The Hall–Kier alpha value is -4.08. The number of carbonyl (C=O) groups excluding carboxylic acids is 4. The number of amides is 4. The minimum atomic E-state index is -0.693. The number of nitrogens with two attached hydrogens (primary N) is 1. The highest BCUT2D eigenvalue weighted by Crippen LogP contribution is 2.29. The van der Waals surface area contributed by atoms with E-state index in [1.54, 1.807) is 18.2 Å². The first-order valence-corrected chi connectivity index (χ1v) is 9.22. The third kappa shape index (κ3) is 3.39. The normalized spacial score (nSPS) is 18.1. The average Bonchev–Trinajstić information content (AvgIpc) is 3.04. The molecule has 3 heterocycles. The number of hydrogen-bond donors (Lipinski definition) is 4. The third-order valence-electron chi connectivity index (χ3n) is 5.15. The molecule has 1 atom stereocenters. The number of fused-ring (bicyclic) bond motifs is 1. The van der Waals surface area contributed by atoms with Crippen molar-refractivity contribution in [1.29, 1.82) is 5.41 Å². The van der Waals surface area contributed by atoms with E-state index in [-0.39, 0.29) is 42.6 Å². The van der Waals surface area contributed by atoms with Crippen LogP contribution in [0.3, 0.4) is 0 Å². The molecule has 4 rings (SSSR count). The van der Waals surface area contributed by atoms with Crippen molar-refractivity contribution >= 4 is 41.3 Å². The molecule has 0 spiro atoms. The first kappa shape index (κ1) is 19.2. The lowest BCUT2D eigenvalue weighted by Crippen LogP contribution is -2.52. The molecule has 1 unspecified atom stereocenters. The molecular weight excluding hydrogens is 388 g/mol. The van der Waals surface area contributed by atoms with Crippen molar-refractivity contribution in [3.05, 3.63) is 52.7 Å². The fourth-order valence-electron chi connectivity index (χ4n) is 3.59. The van der Waals surface area contributed by atoms with E-state index in [4.69, 9.17) is 11.1 Å². The number of benzene rings is 1. The summed E-state index contributed by atoms with van der Waals surface area (Å²) < 4.78 is 0. The summed E-state index contributed by atoms with van der Waals surface area (Å²) in [7, 11) is 0. The first-order valence-electron chi connectivity index (χ1n) is 9.22. The molecule has 0 radical (unpaired) electrons. The molecular formula is C20H18N6O4. The number of anilines is 2. The van der Waals surface area contributed by atoms with Crippen molar-refractivity contribution in [1.82, 2.24) is 15.2 Å². The third-order valence-corrected chi connectivity index (χ3v) is 5.15. The Bertz CT molecular complexity index is 1110. The Morgan fingerprint density at radius 2 is 2.10 bits per heavy atom. The van der Waals surface area contributed by atoms with Crippen molar-refractivity contribution in [2.45, 2.75) is 25.4 Å². The standard InChI is InChI=1S/C20H18N6O4/c21-7-10-5-11(8-23-17(10)22)18(28)24-13-1-2-14-12(6-13)9-26(20(14)30)15-3-4-16(27)25-19(15)29/h1-2,5-8,15,21H,3-4,9H2,(H2,22,23)(H,24,28)(H,25,27,29). The predicted octanol–water partition coefficient (Wildman–Crippen LogP) is 0.675. The number of aromatic nitrogens is 1. The fraction of sp³-hybridized carbons (Fsp3) is 0.200. The zero-order valence-corrected chi connectivity index (χ0v) is 15.8. The largest absolute Gasteiger partial charge is 0.383 e. The Balaban J connectivity index is 1.51. The number of piperidine rings is 1. The molecule has 10 nitrogen and oxygen atoms in total. The number of imide groups is 1. The van der Waals surface area contributed by atoms with Crippen LogP contribution in [-0.2, 0) is 16.1 Å². The zero-order chi connectivity index (χ0) is 21.4. The second kappa shape index (κ2) is 7.39. The average molecular weight is 406 g/mol. The lowest BCUT2D eigenvalue weighted by atomic mass is 10.0. The van der Waals surface area contributed by atoms with Gasteiger partial charge in [-0.25, -0.2) is 4.98 Å². The highest BCUT2D eigenvalue weighted by molar-refractivity contribution is 6.07. The van der Waals surface area contributed by atoms with Gasteiger partial charge in [-0.1, -0.05) is 0 Å². The quantitative estimate of drug-likeness (QED) is 0.432. The lowest BCUT2D eigenvalue weighted by molar-refractivity contribution is -0.136. The van der Waals surface area contributed by atoms with Gasteiger partial charge in [0.1, 0.15) is 11.9 Å². The molecule has 2 aliphatic rings. The molecule has 2 aliphatic heterocycles. The van der Waals surface area contributed by atoms with Gasteiger partial charge in [-0.3, -0.25) is 24.5 Å². The first-order chi connectivity index (χ1) is 14.4. The van der Waals surface area contributed by atoms with Crippen LogP contribution in [0.5, 0.6) is 0 Å². The van der Waals surface area contributed by atoms with Crippen LogP contribution in [0.2, 0.25) is 0 Å². The number of hydrogen-bond acceptors (Lipinski definition) is 7. The van der Waals surface area contributed by atoms with Gasteiger partial charge in [0.15, 0.2) is 0 Å². The number of rotatable bonds is 4. The van der Waals surface area contributed by atoms with Crippen LogP contribution in [0, 0.1) is 5.41 Å². The fourth-order valence-corrected chi connectivity index (χ4v) is 3.59. The summed E-state index contributed by atoms with van der Waals surface area (Å²) in [6.07, 6.45) is 2.81. The summed E-state index contributed by atoms with van der Waals surface area (Å²) in [5.74, 6) is -1.37. The Morgan fingerprint density at radius 3 is 2.83 bits per heavy atom. The smallest absolute Gasteiger partial charge is 0.257 e. The molecule has 1 aromatic carbocycles. The monoisotopic (exact) mass is 406 g/mol. The Kier molecular flexibility index (Phi) is 4.74. The highest BCUT2D eigenvalue weighted by Gasteiger charge is 2.39. The van der Waals surface area contributed by atoms with Gasteiger partial charge in [0, 0.05) is 42.2 Å². The van der Waals surface area contributed by atoms with Gasteiger partial charge >= 0.3 is 0 Å². The van der Waals surface area contributed by atoms with Crippen LogP contribution in [0.1, 0.15) is 44.7 Å². The van der Waals surface area contributed by atoms with E-state index in [0.29, 0.717) is 22.4 Å². The van der Waals surface area contributed by atoms with Crippen molar-refractivity contribution in [2.24, 2.45) is 0 Å². The van der Waals surface area contributed by atoms with Gasteiger partial charge in [0.05, 0.1) is 5.56 Å². The topological polar surface area (TPSA) is 158 Å². The van der Waals surface area contributed by atoms with Crippen molar-refractivity contribution in [3.8, 4) is 0 Å². The SMILES string of the molecule is N=Cc1cc(C(=O)Nc2ccc3c(c2)CN(C2CCC(=O)NC2=O)C3=O)cnc1N. The summed E-state index contributed by atoms with van der Waals surface area (Å²) in [6.45, 7) is 0.214. The van der Waals surface area contributed by atoms with Gasteiger partial charge in [-0.15, -0.1) is 0 Å². The highest BCUT2D eigenvalue weighted by atomic mass is 16.2. The second-order valence-electron chi connectivity index (χ2n) is 7.07. The molecule has 1 fully saturated rings. The maximum Gasteiger partial charge on any atom is 0.257 e. The maximum atomic E-state index is 12.7. The lowest BCUT2D eigenvalue weighted by Gasteiger charge is -2.29. The maximum absolute atomic E-state index is 12.7. The minimum Gasteiger partial charge on any atom is -0.383 e. The zero-order valence-electron chi connectivity index (χ0n) is 15.8.